The number of hydrogen-bond acceptors (Lipinski definition) is 3. The van der Waals surface area contributed by atoms with Gasteiger partial charge in [0.2, 0.25) is 8.25 Å². The fourth-order valence-corrected chi connectivity index (χ4v) is 1.23. The van der Waals surface area contributed by atoms with Gasteiger partial charge in [-0.1, -0.05) is 58.0 Å². The van der Waals surface area contributed by atoms with Crippen LogP contribution in [0, 0.1) is 5.41 Å². The van der Waals surface area contributed by atoms with Gasteiger partial charge in [-0.05, 0) is 0 Å². The minimum absolute atomic E-state index is 0.0846. The molecule has 4 nitrogen and oxygen atoms in total. The first kappa shape index (κ1) is 12.3. The van der Waals surface area contributed by atoms with Crippen LogP contribution in [0.1, 0.15) is 5.82 Å². The van der Waals surface area contributed by atoms with Crippen molar-refractivity contribution in [1.29, 1.82) is 5.41 Å². The van der Waals surface area contributed by atoms with Gasteiger partial charge in [0.05, 0.1) is 6.21 Å². The lowest BCUT2D eigenvalue weighted by molar-refractivity contribution is 0.603. The molecular weight excluding hydrogens is 293 g/mol. The molecule has 1 aromatic rings. The maximum atomic E-state index is 6.99. The molecule has 1 rings (SSSR count). The predicted molar refractivity (Wildman–Crippen MR) is 57.9 cm³/mol. The molecule has 0 amide bonds. The molecule has 0 saturated carbocycles. The van der Waals surface area contributed by atoms with Gasteiger partial charge in [0, 0.05) is 0 Å². The summed E-state index contributed by atoms with van der Waals surface area (Å²) in [6.07, 6.45) is 2.06. The SMILES string of the molecule is N=Cc1nncn1C(Cl)(Cl)C(Cl)(Cl)Cl. The Morgan fingerprint density at radius 1 is 1.29 bits per heavy atom. The van der Waals surface area contributed by atoms with Gasteiger partial charge in [-0.3, -0.25) is 4.57 Å². The third-order valence-corrected chi connectivity index (χ3v) is 3.68. The first-order chi connectivity index (χ1) is 6.30. The zero-order chi connectivity index (χ0) is 11.0. The molecule has 0 radical (unpaired) electrons. The molecule has 0 aliphatic carbocycles. The van der Waals surface area contributed by atoms with Crippen molar-refractivity contribution >= 4 is 64.2 Å². The van der Waals surface area contributed by atoms with Gasteiger partial charge < -0.3 is 5.41 Å². The number of nitrogens with one attached hydrogen (secondary N) is 1. The molecule has 0 atom stereocenters. The van der Waals surface area contributed by atoms with Crippen molar-refractivity contribution in [2.24, 2.45) is 0 Å². The Balaban J connectivity index is 3.22. The number of aromatic nitrogens is 3. The van der Waals surface area contributed by atoms with Crippen LogP contribution in [0.5, 0.6) is 0 Å². The van der Waals surface area contributed by atoms with E-state index >= 15 is 0 Å². The van der Waals surface area contributed by atoms with E-state index in [2.05, 4.69) is 10.2 Å². The molecule has 0 aromatic carbocycles. The van der Waals surface area contributed by atoms with Gasteiger partial charge in [0.25, 0.3) is 0 Å². The van der Waals surface area contributed by atoms with Crippen LogP contribution in [0.15, 0.2) is 6.33 Å². The highest BCUT2D eigenvalue weighted by molar-refractivity contribution is 6.74. The molecule has 0 unspecified atom stereocenters. The standard InChI is InChI=1S/C5H3Cl5N4/c6-4(7,8)5(9,10)14-2-12-13-3(14)1-11/h1-2,11H. The van der Waals surface area contributed by atoms with Gasteiger partial charge >= 0.3 is 0 Å². The molecule has 14 heavy (non-hydrogen) atoms. The molecule has 9 heteroatoms. The lowest BCUT2D eigenvalue weighted by atomic mass is 10.6. The van der Waals surface area contributed by atoms with Crippen molar-refractivity contribution in [2.45, 2.75) is 8.25 Å². The normalized spacial score (nSPS) is 12.9. The summed E-state index contributed by atoms with van der Waals surface area (Å²) in [5, 5.41) is 14.0. The molecule has 0 fully saturated rings. The summed E-state index contributed by atoms with van der Waals surface area (Å²) in [6, 6.07) is 0. The average Bonchev–Trinajstić information content (AvgIpc) is 2.49. The first-order valence-corrected chi connectivity index (χ1v) is 5.05. The first-order valence-electron chi connectivity index (χ1n) is 3.16. The average molecular weight is 296 g/mol. The minimum Gasteiger partial charge on any atom is -0.305 e. The molecule has 1 N–H and O–H groups in total. The summed E-state index contributed by atoms with van der Waals surface area (Å²) in [6.45, 7) is 0. The molecule has 0 aliphatic heterocycles. The summed E-state index contributed by atoms with van der Waals surface area (Å²) in [4.78, 5) is 0. The second-order valence-corrected chi connectivity index (χ2v) is 5.81. The van der Waals surface area contributed by atoms with Crippen LogP contribution >= 0.6 is 58.0 Å². The summed E-state index contributed by atoms with van der Waals surface area (Å²) in [5.41, 5.74) is 0. The Bertz CT molecular complexity index is 340. The van der Waals surface area contributed by atoms with E-state index in [4.69, 9.17) is 63.4 Å². The second-order valence-electron chi connectivity index (χ2n) is 2.24. The maximum Gasteiger partial charge on any atom is 0.244 e. The van der Waals surface area contributed by atoms with Crippen LogP contribution in [0.3, 0.4) is 0 Å². The summed E-state index contributed by atoms with van der Waals surface area (Å²) >= 11 is 28.3. The van der Waals surface area contributed by atoms with Crippen molar-refractivity contribution in [1.82, 2.24) is 14.8 Å². The lowest BCUT2D eigenvalue weighted by Crippen LogP contribution is -2.35. The Morgan fingerprint density at radius 3 is 2.29 bits per heavy atom. The number of halogens is 5. The van der Waals surface area contributed by atoms with E-state index in [9.17, 15) is 0 Å². The van der Waals surface area contributed by atoms with Crippen LogP contribution in [-0.2, 0) is 4.46 Å². The fraction of sp³-hybridized carbons (Fsp3) is 0.400. The van der Waals surface area contributed by atoms with Crippen molar-refractivity contribution < 1.29 is 0 Å². The zero-order valence-electron chi connectivity index (χ0n) is 6.39. The minimum atomic E-state index is -1.96. The van der Waals surface area contributed by atoms with E-state index in [0.717, 1.165) is 10.8 Å². The molecule has 0 aliphatic rings. The van der Waals surface area contributed by atoms with Gasteiger partial charge in [-0.25, -0.2) is 0 Å². The quantitative estimate of drug-likeness (QED) is 0.674. The molecule has 0 spiro atoms. The second kappa shape index (κ2) is 4.02. The van der Waals surface area contributed by atoms with E-state index in [0.29, 0.717) is 0 Å². The third-order valence-electron chi connectivity index (χ3n) is 1.35. The Kier molecular flexibility index (Phi) is 3.54. The number of rotatable bonds is 2. The number of alkyl halides is 5. The lowest BCUT2D eigenvalue weighted by Gasteiger charge is -2.28. The highest BCUT2D eigenvalue weighted by Gasteiger charge is 2.48. The van der Waals surface area contributed by atoms with E-state index in [1.807, 2.05) is 0 Å². The number of hydrogen-bond donors (Lipinski definition) is 1. The molecule has 1 heterocycles. The van der Waals surface area contributed by atoms with Gasteiger partial charge in [-0.15, -0.1) is 10.2 Å². The Hall–Kier alpha value is 0.260. The third kappa shape index (κ3) is 2.09. The zero-order valence-corrected chi connectivity index (χ0v) is 10.2. The van der Waals surface area contributed by atoms with Crippen molar-refractivity contribution in [3.8, 4) is 0 Å². The van der Waals surface area contributed by atoms with Crippen LogP contribution in [-0.4, -0.2) is 24.8 Å². The highest BCUT2D eigenvalue weighted by atomic mass is 35.6. The highest BCUT2D eigenvalue weighted by Crippen LogP contribution is 2.49. The Labute approximate surface area is 105 Å². The van der Waals surface area contributed by atoms with E-state index < -0.39 is 8.25 Å². The monoisotopic (exact) mass is 294 g/mol. The molecule has 1 aromatic heterocycles. The van der Waals surface area contributed by atoms with Gasteiger partial charge in [0.1, 0.15) is 6.33 Å². The van der Waals surface area contributed by atoms with E-state index in [1.165, 1.54) is 6.33 Å². The molecule has 0 saturated heterocycles. The largest absolute Gasteiger partial charge is 0.305 e. The van der Waals surface area contributed by atoms with Crippen molar-refractivity contribution in [3.63, 3.8) is 0 Å². The van der Waals surface area contributed by atoms with Crippen molar-refractivity contribution in [3.05, 3.63) is 12.2 Å². The maximum absolute atomic E-state index is 6.99. The Morgan fingerprint density at radius 2 is 1.86 bits per heavy atom. The summed E-state index contributed by atoms with van der Waals surface area (Å²) in [5.74, 6) is 0.0846. The van der Waals surface area contributed by atoms with Crippen LogP contribution in [0.4, 0.5) is 0 Å². The van der Waals surface area contributed by atoms with Crippen LogP contribution in [0.2, 0.25) is 0 Å². The predicted octanol–water partition coefficient (Wildman–Crippen LogP) is 2.73. The van der Waals surface area contributed by atoms with Gasteiger partial charge in [0.15, 0.2) is 5.82 Å². The summed E-state index contributed by atoms with van der Waals surface area (Å²) in [7, 11) is 0. The number of nitrogens with zero attached hydrogens (tertiary/aromatic N) is 3. The molecule has 0 bridgehead atoms. The van der Waals surface area contributed by atoms with E-state index in [-0.39, 0.29) is 5.82 Å². The van der Waals surface area contributed by atoms with Gasteiger partial charge in [-0.2, -0.15) is 0 Å². The molecular formula is C5H3Cl5N4. The van der Waals surface area contributed by atoms with Crippen LogP contribution < -0.4 is 0 Å². The smallest absolute Gasteiger partial charge is 0.244 e. The summed E-state index contributed by atoms with van der Waals surface area (Å²) < 4.78 is -2.75. The fourth-order valence-electron chi connectivity index (χ4n) is 0.695. The van der Waals surface area contributed by atoms with Crippen LogP contribution in [0.25, 0.3) is 0 Å². The molecule has 78 valence electrons. The topological polar surface area (TPSA) is 54.6 Å². The van der Waals surface area contributed by atoms with E-state index in [1.54, 1.807) is 0 Å². The van der Waals surface area contributed by atoms with Crippen molar-refractivity contribution in [2.75, 3.05) is 0 Å².